The van der Waals surface area contributed by atoms with E-state index in [2.05, 4.69) is 43.2 Å². The third kappa shape index (κ3) is 1.19. The molecule has 1 aliphatic rings. The van der Waals surface area contributed by atoms with Gasteiger partial charge in [-0.05, 0) is 23.0 Å². The molecule has 1 N–H and O–H groups in total. The molecule has 1 fully saturated rings. The number of nitrogens with one attached hydrogen (secondary N) is 1. The summed E-state index contributed by atoms with van der Waals surface area (Å²) in [7, 11) is 0. The molecule has 0 atom stereocenters. The van der Waals surface area contributed by atoms with Gasteiger partial charge >= 0.3 is 0 Å². The van der Waals surface area contributed by atoms with Gasteiger partial charge in [0.25, 0.3) is 0 Å². The average molecular weight is 191 g/mol. The molecule has 1 saturated carbocycles. The predicted molar refractivity (Wildman–Crippen MR) is 57.0 cm³/mol. The summed E-state index contributed by atoms with van der Waals surface area (Å²) in [5.74, 6) is 0.871. The molecule has 3 nitrogen and oxygen atoms in total. The summed E-state index contributed by atoms with van der Waals surface area (Å²) in [6, 6.07) is 4.35. The number of anilines is 1. The lowest BCUT2D eigenvalue weighted by atomic mass is 10.0. The van der Waals surface area contributed by atoms with Crippen LogP contribution in [0.4, 0.5) is 5.82 Å². The van der Waals surface area contributed by atoms with E-state index in [0.29, 0.717) is 16.9 Å². The van der Waals surface area contributed by atoms with E-state index in [1.807, 2.05) is 12.1 Å². The quantitative estimate of drug-likeness (QED) is 0.779. The summed E-state index contributed by atoms with van der Waals surface area (Å²) < 4.78 is 0. The van der Waals surface area contributed by atoms with Gasteiger partial charge in [-0.15, -0.1) is 5.10 Å². The van der Waals surface area contributed by atoms with Crippen molar-refractivity contribution in [3.8, 4) is 0 Å². The molecule has 0 radical (unpaired) electrons. The number of aromatic nitrogens is 2. The fraction of sp³-hybridized carbons (Fsp3) is 0.636. The van der Waals surface area contributed by atoms with E-state index < -0.39 is 0 Å². The highest BCUT2D eigenvalue weighted by atomic mass is 15.2. The van der Waals surface area contributed by atoms with E-state index in [1.165, 1.54) is 0 Å². The second-order valence-electron chi connectivity index (χ2n) is 5.13. The molecule has 0 aromatic carbocycles. The van der Waals surface area contributed by atoms with Crippen LogP contribution in [0, 0.1) is 10.8 Å². The van der Waals surface area contributed by atoms with Crippen LogP contribution < -0.4 is 5.32 Å². The van der Waals surface area contributed by atoms with Crippen molar-refractivity contribution in [1.29, 1.82) is 0 Å². The Kier molecular flexibility index (Phi) is 1.81. The normalized spacial score (nSPS) is 23.1. The van der Waals surface area contributed by atoms with Crippen molar-refractivity contribution in [2.24, 2.45) is 10.8 Å². The third-order valence-electron chi connectivity index (χ3n) is 3.89. The molecule has 0 spiro atoms. The summed E-state index contributed by atoms with van der Waals surface area (Å²) in [5, 5.41) is 11.3. The molecule has 1 aromatic rings. The van der Waals surface area contributed by atoms with Crippen LogP contribution in [-0.4, -0.2) is 16.2 Å². The van der Waals surface area contributed by atoms with Gasteiger partial charge in [-0.25, -0.2) is 0 Å². The van der Waals surface area contributed by atoms with Gasteiger partial charge < -0.3 is 5.32 Å². The molecule has 1 heterocycles. The Morgan fingerprint density at radius 2 is 1.86 bits per heavy atom. The maximum absolute atomic E-state index is 4.03. The van der Waals surface area contributed by atoms with Crippen LogP contribution in [0.2, 0.25) is 0 Å². The molecule has 2 rings (SSSR count). The Morgan fingerprint density at radius 3 is 2.29 bits per heavy atom. The summed E-state index contributed by atoms with van der Waals surface area (Å²) >= 11 is 0. The van der Waals surface area contributed by atoms with Crippen molar-refractivity contribution < 1.29 is 0 Å². The van der Waals surface area contributed by atoms with Gasteiger partial charge in [-0.3, -0.25) is 0 Å². The van der Waals surface area contributed by atoms with Crippen LogP contribution in [-0.2, 0) is 0 Å². The van der Waals surface area contributed by atoms with Crippen LogP contribution in [0.15, 0.2) is 18.3 Å². The zero-order valence-corrected chi connectivity index (χ0v) is 9.20. The van der Waals surface area contributed by atoms with Crippen molar-refractivity contribution in [1.82, 2.24) is 10.2 Å². The first-order chi connectivity index (χ1) is 6.46. The maximum Gasteiger partial charge on any atom is 0.148 e. The maximum atomic E-state index is 4.03. The average Bonchev–Trinajstić information content (AvgIpc) is 2.50. The zero-order chi connectivity index (χ0) is 10.4. The van der Waals surface area contributed by atoms with Gasteiger partial charge in [0.1, 0.15) is 5.82 Å². The number of hydrogen-bond acceptors (Lipinski definition) is 3. The molecular formula is C11H17N3. The van der Waals surface area contributed by atoms with Crippen LogP contribution in [0.1, 0.15) is 27.7 Å². The van der Waals surface area contributed by atoms with E-state index >= 15 is 0 Å². The summed E-state index contributed by atoms with van der Waals surface area (Å²) in [5.41, 5.74) is 0.676. The Morgan fingerprint density at radius 1 is 1.21 bits per heavy atom. The molecule has 14 heavy (non-hydrogen) atoms. The zero-order valence-electron chi connectivity index (χ0n) is 9.20. The first kappa shape index (κ1) is 9.44. The highest BCUT2D eigenvalue weighted by molar-refractivity contribution is 5.40. The lowest BCUT2D eigenvalue weighted by molar-refractivity contribution is 0.457. The van der Waals surface area contributed by atoms with Gasteiger partial charge in [0.05, 0.1) is 0 Å². The fourth-order valence-corrected chi connectivity index (χ4v) is 2.08. The van der Waals surface area contributed by atoms with Crippen molar-refractivity contribution in [2.75, 3.05) is 5.32 Å². The Balaban J connectivity index is 2.09. The monoisotopic (exact) mass is 191 g/mol. The molecule has 0 unspecified atom stereocenters. The first-order valence-corrected chi connectivity index (χ1v) is 5.00. The number of hydrogen-bond donors (Lipinski definition) is 1. The topological polar surface area (TPSA) is 37.8 Å². The molecule has 1 aromatic heterocycles. The minimum absolute atomic E-state index is 0.338. The minimum Gasteiger partial charge on any atom is -0.365 e. The van der Waals surface area contributed by atoms with Crippen molar-refractivity contribution in [3.63, 3.8) is 0 Å². The van der Waals surface area contributed by atoms with Gasteiger partial charge in [0.15, 0.2) is 0 Å². The molecule has 0 bridgehead atoms. The molecule has 76 valence electrons. The Bertz CT molecular complexity index is 316. The van der Waals surface area contributed by atoms with Crippen LogP contribution in [0.25, 0.3) is 0 Å². The smallest absolute Gasteiger partial charge is 0.148 e. The summed E-state index contributed by atoms with van der Waals surface area (Å²) in [4.78, 5) is 0. The molecular weight excluding hydrogens is 174 g/mol. The SMILES string of the molecule is CC1(C)C(Nc2cccnn2)C1(C)C. The van der Waals surface area contributed by atoms with E-state index in [9.17, 15) is 0 Å². The van der Waals surface area contributed by atoms with Crippen LogP contribution in [0.3, 0.4) is 0 Å². The highest BCUT2D eigenvalue weighted by Gasteiger charge is 2.65. The van der Waals surface area contributed by atoms with E-state index in [4.69, 9.17) is 0 Å². The second kappa shape index (κ2) is 2.69. The van der Waals surface area contributed by atoms with Crippen molar-refractivity contribution >= 4 is 5.82 Å². The van der Waals surface area contributed by atoms with Crippen LogP contribution >= 0.6 is 0 Å². The molecule has 0 saturated heterocycles. The molecule has 1 aliphatic carbocycles. The van der Waals surface area contributed by atoms with Crippen molar-refractivity contribution in [2.45, 2.75) is 33.7 Å². The van der Waals surface area contributed by atoms with E-state index in [0.717, 1.165) is 5.82 Å². The van der Waals surface area contributed by atoms with E-state index in [1.54, 1.807) is 6.20 Å². The molecule has 0 amide bonds. The number of nitrogens with zero attached hydrogens (tertiary/aromatic N) is 2. The highest BCUT2D eigenvalue weighted by Crippen LogP contribution is 2.63. The third-order valence-corrected chi connectivity index (χ3v) is 3.89. The van der Waals surface area contributed by atoms with Gasteiger partial charge in [0, 0.05) is 12.2 Å². The predicted octanol–water partition coefficient (Wildman–Crippen LogP) is 2.32. The Labute approximate surface area is 84.9 Å². The summed E-state index contributed by atoms with van der Waals surface area (Å²) in [6.45, 7) is 9.12. The van der Waals surface area contributed by atoms with E-state index in [-0.39, 0.29) is 0 Å². The second-order valence-corrected chi connectivity index (χ2v) is 5.13. The first-order valence-electron chi connectivity index (χ1n) is 5.00. The Hall–Kier alpha value is -1.12. The standard InChI is InChI=1S/C11H17N3/c1-10(2)9(11(10,3)4)13-8-6-5-7-12-14-8/h5-7,9H,1-4H3,(H,13,14). The van der Waals surface area contributed by atoms with Crippen LogP contribution in [0.5, 0.6) is 0 Å². The van der Waals surface area contributed by atoms with Gasteiger partial charge in [-0.1, -0.05) is 27.7 Å². The lowest BCUT2D eigenvalue weighted by Gasteiger charge is -2.05. The molecule has 3 heteroatoms. The summed E-state index contributed by atoms with van der Waals surface area (Å²) in [6.07, 6.45) is 1.69. The van der Waals surface area contributed by atoms with Crippen molar-refractivity contribution in [3.05, 3.63) is 18.3 Å². The minimum atomic E-state index is 0.338. The molecule has 0 aliphatic heterocycles. The van der Waals surface area contributed by atoms with Gasteiger partial charge in [-0.2, -0.15) is 5.10 Å². The largest absolute Gasteiger partial charge is 0.365 e. The van der Waals surface area contributed by atoms with Gasteiger partial charge in [0.2, 0.25) is 0 Å². The fourth-order valence-electron chi connectivity index (χ4n) is 2.08. The lowest BCUT2D eigenvalue weighted by Crippen LogP contribution is -2.11. The number of rotatable bonds is 2.